The number of rotatable bonds is 7. The Bertz CT molecular complexity index is 962. The number of piperazine rings is 1. The Labute approximate surface area is 205 Å². The predicted molar refractivity (Wildman–Crippen MR) is 130 cm³/mol. The number of methoxy groups -OCH3 is 1. The molecule has 2 aromatic carbocycles. The molecule has 0 aliphatic carbocycles. The minimum atomic E-state index is -4.33. The zero-order valence-electron chi connectivity index (χ0n) is 20.2. The summed E-state index contributed by atoms with van der Waals surface area (Å²) in [6, 6.07) is 16.4. The monoisotopic (exact) mass is 489 g/mol. The van der Waals surface area contributed by atoms with Gasteiger partial charge in [0, 0.05) is 57.4 Å². The summed E-state index contributed by atoms with van der Waals surface area (Å²) in [5.74, 6) is 0.157. The second-order valence-corrected chi connectivity index (χ2v) is 9.52. The third-order valence-corrected chi connectivity index (χ3v) is 7.30. The molecule has 0 bridgehead atoms. The van der Waals surface area contributed by atoms with Gasteiger partial charge in [-0.15, -0.1) is 0 Å². The van der Waals surface area contributed by atoms with Crippen LogP contribution in [0.1, 0.15) is 30.4 Å². The second kappa shape index (κ2) is 11.4. The lowest BCUT2D eigenvalue weighted by Gasteiger charge is -2.47. The van der Waals surface area contributed by atoms with Crippen LogP contribution in [-0.4, -0.2) is 68.2 Å². The lowest BCUT2D eigenvalue weighted by Crippen LogP contribution is -2.56. The van der Waals surface area contributed by atoms with E-state index in [0.29, 0.717) is 37.2 Å². The lowest BCUT2D eigenvalue weighted by molar-refractivity contribution is -0.141. The Hall–Kier alpha value is -2.58. The summed E-state index contributed by atoms with van der Waals surface area (Å²) in [5.41, 5.74) is 1.30. The molecule has 0 saturated carbocycles. The first-order valence-corrected chi connectivity index (χ1v) is 12.3. The van der Waals surface area contributed by atoms with Crippen molar-refractivity contribution in [3.05, 3.63) is 65.7 Å². The van der Waals surface area contributed by atoms with E-state index in [9.17, 15) is 18.0 Å². The standard InChI is InChI=1S/C27H34F3N3O2/c1-35-26(34)11-10-22-20-31(19-21-6-3-2-4-7-21)13-12-25(22)33-16-14-32(15-17-33)24-9-5-8-23(18-24)27(28,29)30/h2-9,18,22,25H,10-17,19-20H2,1H3/t22-,25+/m0/s1. The minimum absolute atomic E-state index is 0.182. The van der Waals surface area contributed by atoms with E-state index in [1.54, 1.807) is 6.07 Å². The number of hydrogen-bond donors (Lipinski definition) is 0. The Morgan fingerprint density at radius 3 is 2.43 bits per heavy atom. The van der Waals surface area contributed by atoms with E-state index in [1.807, 2.05) is 11.0 Å². The zero-order valence-corrected chi connectivity index (χ0v) is 20.2. The molecule has 2 aliphatic rings. The van der Waals surface area contributed by atoms with E-state index in [4.69, 9.17) is 4.74 Å². The normalized spacial score (nSPS) is 22.2. The van der Waals surface area contributed by atoms with Gasteiger partial charge in [0.2, 0.25) is 0 Å². The van der Waals surface area contributed by atoms with Gasteiger partial charge in [0.1, 0.15) is 0 Å². The highest BCUT2D eigenvalue weighted by Gasteiger charge is 2.35. The first-order valence-electron chi connectivity index (χ1n) is 12.3. The number of anilines is 1. The van der Waals surface area contributed by atoms with E-state index in [0.717, 1.165) is 51.6 Å². The first-order chi connectivity index (χ1) is 16.8. The van der Waals surface area contributed by atoms with Crippen LogP contribution in [0, 0.1) is 5.92 Å². The molecule has 4 rings (SSSR count). The average Bonchev–Trinajstić information content (AvgIpc) is 2.88. The van der Waals surface area contributed by atoms with Crippen molar-refractivity contribution in [2.24, 2.45) is 5.92 Å². The summed E-state index contributed by atoms with van der Waals surface area (Å²) in [4.78, 5) is 18.9. The first kappa shape index (κ1) is 25.5. The molecule has 0 unspecified atom stereocenters. The van der Waals surface area contributed by atoms with E-state index in [1.165, 1.54) is 24.8 Å². The Balaban J connectivity index is 1.39. The van der Waals surface area contributed by atoms with Crippen LogP contribution < -0.4 is 4.90 Å². The van der Waals surface area contributed by atoms with Gasteiger partial charge in [-0.2, -0.15) is 13.2 Å². The summed E-state index contributed by atoms with van der Waals surface area (Å²) in [5, 5.41) is 0. The molecule has 0 aromatic heterocycles. The van der Waals surface area contributed by atoms with Crippen LogP contribution in [0.25, 0.3) is 0 Å². The molecule has 2 saturated heterocycles. The molecule has 5 nitrogen and oxygen atoms in total. The third kappa shape index (κ3) is 6.76. The highest BCUT2D eigenvalue weighted by molar-refractivity contribution is 5.69. The third-order valence-electron chi connectivity index (χ3n) is 7.30. The molecule has 2 atom stereocenters. The van der Waals surface area contributed by atoms with Gasteiger partial charge in [0.15, 0.2) is 0 Å². The van der Waals surface area contributed by atoms with Gasteiger partial charge in [-0.1, -0.05) is 36.4 Å². The Morgan fingerprint density at radius 2 is 1.74 bits per heavy atom. The Morgan fingerprint density at radius 1 is 1.00 bits per heavy atom. The number of esters is 1. The van der Waals surface area contributed by atoms with E-state index >= 15 is 0 Å². The SMILES string of the molecule is COC(=O)CC[C@H]1CN(Cc2ccccc2)CC[C@H]1N1CCN(c2cccc(C(F)(F)F)c2)CC1. The molecule has 0 amide bonds. The van der Waals surface area contributed by atoms with Crippen molar-refractivity contribution < 1.29 is 22.7 Å². The van der Waals surface area contributed by atoms with Crippen LogP contribution in [0.3, 0.4) is 0 Å². The smallest absolute Gasteiger partial charge is 0.416 e. The van der Waals surface area contributed by atoms with Crippen LogP contribution in [0.4, 0.5) is 18.9 Å². The molecule has 190 valence electrons. The van der Waals surface area contributed by atoms with Gasteiger partial charge in [-0.3, -0.25) is 14.6 Å². The molecule has 2 heterocycles. The van der Waals surface area contributed by atoms with Gasteiger partial charge < -0.3 is 9.64 Å². The molecule has 8 heteroatoms. The van der Waals surface area contributed by atoms with Crippen molar-refractivity contribution in [3.8, 4) is 0 Å². The second-order valence-electron chi connectivity index (χ2n) is 9.52. The maximum Gasteiger partial charge on any atom is 0.416 e. The lowest BCUT2D eigenvalue weighted by atomic mass is 9.86. The van der Waals surface area contributed by atoms with Crippen LogP contribution >= 0.6 is 0 Å². The van der Waals surface area contributed by atoms with Gasteiger partial charge in [-0.25, -0.2) is 0 Å². The number of alkyl halides is 3. The van der Waals surface area contributed by atoms with Gasteiger partial charge in [0.25, 0.3) is 0 Å². The van der Waals surface area contributed by atoms with E-state index in [2.05, 4.69) is 34.1 Å². The number of benzene rings is 2. The number of hydrogen-bond acceptors (Lipinski definition) is 5. The molecule has 35 heavy (non-hydrogen) atoms. The summed E-state index contributed by atoms with van der Waals surface area (Å²) < 4.78 is 44.3. The number of likely N-dealkylation sites (tertiary alicyclic amines) is 1. The molecular weight excluding hydrogens is 455 g/mol. The molecule has 2 aliphatic heterocycles. The molecule has 0 radical (unpaired) electrons. The van der Waals surface area contributed by atoms with Crippen LogP contribution in [-0.2, 0) is 22.3 Å². The van der Waals surface area contributed by atoms with Crippen molar-refractivity contribution in [3.63, 3.8) is 0 Å². The van der Waals surface area contributed by atoms with Crippen LogP contribution in [0.2, 0.25) is 0 Å². The number of carbonyl (C=O) groups is 1. The number of halogens is 3. The van der Waals surface area contributed by atoms with Gasteiger partial charge >= 0.3 is 12.1 Å². The summed E-state index contributed by atoms with van der Waals surface area (Å²) in [7, 11) is 1.43. The summed E-state index contributed by atoms with van der Waals surface area (Å²) in [6.45, 7) is 5.78. The number of carbonyl (C=O) groups excluding carboxylic acids is 1. The largest absolute Gasteiger partial charge is 0.469 e. The number of ether oxygens (including phenoxy) is 1. The fourth-order valence-corrected chi connectivity index (χ4v) is 5.44. The van der Waals surface area contributed by atoms with Crippen molar-refractivity contribution in [1.29, 1.82) is 0 Å². The highest BCUT2D eigenvalue weighted by atomic mass is 19.4. The predicted octanol–water partition coefficient (Wildman–Crippen LogP) is 4.67. The summed E-state index contributed by atoms with van der Waals surface area (Å²) in [6.07, 6.45) is -2.14. The number of nitrogens with zero attached hydrogens (tertiary/aromatic N) is 3. The zero-order chi connectivity index (χ0) is 24.8. The number of piperidine rings is 1. The topological polar surface area (TPSA) is 36.0 Å². The molecule has 0 N–H and O–H groups in total. The molecule has 0 spiro atoms. The van der Waals surface area contributed by atoms with Crippen molar-refractivity contribution in [2.75, 3.05) is 51.3 Å². The van der Waals surface area contributed by atoms with E-state index < -0.39 is 11.7 Å². The van der Waals surface area contributed by atoms with Crippen molar-refractivity contribution in [2.45, 2.75) is 38.0 Å². The Kier molecular flexibility index (Phi) is 8.34. The van der Waals surface area contributed by atoms with Gasteiger partial charge in [-0.05, 0) is 49.1 Å². The maximum absolute atomic E-state index is 13.1. The maximum atomic E-state index is 13.1. The quantitative estimate of drug-likeness (QED) is 0.529. The molecular formula is C27H34F3N3O2. The fraction of sp³-hybridized carbons (Fsp3) is 0.519. The minimum Gasteiger partial charge on any atom is -0.469 e. The van der Waals surface area contributed by atoms with Gasteiger partial charge in [0.05, 0.1) is 12.7 Å². The van der Waals surface area contributed by atoms with E-state index in [-0.39, 0.29) is 5.97 Å². The van der Waals surface area contributed by atoms with Crippen LogP contribution in [0.5, 0.6) is 0 Å². The molecule has 2 aromatic rings. The van der Waals surface area contributed by atoms with Crippen molar-refractivity contribution in [1.82, 2.24) is 9.80 Å². The average molecular weight is 490 g/mol. The molecule has 2 fully saturated rings. The van der Waals surface area contributed by atoms with Crippen molar-refractivity contribution >= 4 is 11.7 Å². The highest BCUT2D eigenvalue weighted by Crippen LogP contribution is 2.33. The van der Waals surface area contributed by atoms with Crippen LogP contribution in [0.15, 0.2) is 54.6 Å². The summed E-state index contributed by atoms with van der Waals surface area (Å²) >= 11 is 0. The fourth-order valence-electron chi connectivity index (χ4n) is 5.44.